The molecular formula is C10H7OS2. The number of hydrogen-bond donors (Lipinski definition) is 0. The van der Waals surface area contributed by atoms with Gasteiger partial charge in [0.2, 0.25) is 0 Å². The van der Waals surface area contributed by atoms with Crippen LogP contribution in [-0.4, -0.2) is 11.5 Å². The summed E-state index contributed by atoms with van der Waals surface area (Å²) in [6.07, 6.45) is 0. The summed E-state index contributed by atoms with van der Waals surface area (Å²) in [5.41, 5.74) is 0.774. The Morgan fingerprint density at radius 3 is 2.92 bits per heavy atom. The van der Waals surface area contributed by atoms with Gasteiger partial charge in [-0.2, -0.15) is 0 Å². The molecule has 2 rings (SSSR count). The van der Waals surface area contributed by atoms with Crippen LogP contribution in [0, 0.1) is 0 Å². The maximum atomic E-state index is 11.4. The first-order valence-corrected chi connectivity index (χ1v) is 5.36. The van der Waals surface area contributed by atoms with Gasteiger partial charge in [-0.25, -0.2) is 0 Å². The maximum Gasteiger partial charge on any atom is 0.175 e. The molecule has 65 valence electrons. The summed E-state index contributed by atoms with van der Waals surface area (Å²) in [5.74, 6) is 0.216. The molecule has 0 saturated heterocycles. The van der Waals surface area contributed by atoms with Gasteiger partial charge >= 0.3 is 0 Å². The molecule has 13 heavy (non-hydrogen) atoms. The fraction of sp³-hybridized carbons (Fsp3) is 0.100. The lowest BCUT2D eigenvalue weighted by Crippen LogP contribution is -1.97. The number of hydrogen-bond acceptors (Lipinski definition) is 2. The lowest BCUT2D eigenvalue weighted by molar-refractivity contribution is 0.102. The predicted molar refractivity (Wildman–Crippen MR) is 58.6 cm³/mol. The van der Waals surface area contributed by atoms with Crippen LogP contribution in [-0.2, 0) is 0 Å². The maximum absolute atomic E-state index is 11.4. The second-order valence-electron chi connectivity index (χ2n) is 2.71. The van der Waals surface area contributed by atoms with Crippen LogP contribution in [0.4, 0.5) is 0 Å². The van der Waals surface area contributed by atoms with Crippen molar-refractivity contribution in [1.82, 2.24) is 0 Å². The highest BCUT2D eigenvalue weighted by molar-refractivity contribution is 7.81. The van der Waals surface area contributed by atoms with Crippen LogP contribution in [0.1, 0.15) is 10.4 Å². The minimum Gasteiger partial charge on any atom is -0.293 e. The molecular weight excluding hydrogens is 200 g/mol. The standard InChI is InChI=1S/C10H7OS2/c11-9(5-12)8-6-13-10-4-2-1-3-7(8)10/h1-4,6H,5H2. The Bertz CT molecular complexity index is 445. The molecule has 0 aliphatic carbocycles. The van der Waals surface area contributed by atoms with Gasteiger partial charge in [0.25, 0.3) is 0 Å². The van der Waals surface area contributed by atoms with Gasteiger partial charge in [0.15, 0.2) is 5.78 Å². The summed E-state index contributed by atoms with van der Waals surface area (Å²) in [7, 11) is 0. The Morgan fingerprint density at radius 1 is 1.38 bits per heavy atom. The number of fused-ring (bicyclic) bond motifs is 1. The van der Waals surface area contributed by atoms with E-state index in [0.717, 1.165) is 15.6 Å². The number of thiophene rings is 1. The minimum atomic E-state index is 0.0486. The molecule has 0 amide bonds. The second kappa shape index (κ2) is 3.52. The zero-order valence-electron chi connectivity index (χ0n) is 6.82. The molecule has 0 saturated carbocycles. The summed E-state index contributed by atoms with van der Waals surface area (Å²) < 4.78 is 1.15. The first-order chi connectivity index (χ1) is 6.33. The van der Waals surface area contributed by atoms with E-state index in [0.29, 0.717) is 0 Å². The first kappa shape index (κ1) is 8.78. The molecule has 0 fully saturated rings. The van der Waals surface area contributed by atoms with Gasteiger partial charge in [-0.3, -0.25) is 4.79 Å². The largest absolute Gasteiger partial charge is 0.293 e. The fourth-order valence-corrected chi connectivity index (χ4v) is 2.39. The van der Waals surface area contributed by atoms with Crippen LogP contribution in [0.2, 0.25) is 0 Å². The van der Waals surface area contributed by atoms with Crippen LogP contribution in [0.15, 0.2) is 29.6 Å². The van der Waals surface area contributed by atoms with Crippen molar-refractivity contribution < 1.29 is 4.79 Å². The molecule has 2 aromatic rings. The fourth-order valence-electron chi connectivity index (χ4n) is 1.27. The van der Waals surface area contributed by atoms with Gasteiger partial charge in [-0.05, 0) is 6.07 Å². The highest BCUT2D eigenvalue weighted by Gasteiger charge is 2.09. The molecule has 1 heterocycles. The molecule has 0 atom stereocenters. The molecule has 0 aliphatic rings. The van der Waals surface area contributed by atoms with Crippen LogP contribution >= 0.6 is 24.0 Å². The van der Waals surface area contributed by atoms with E-state index < -0.39 is 0 Å². The minimum absolute atomic E-state index is 0.0486. The average molecular weight is 207 g/mol. The number of ketones is 1. The Balaban J connectivity index is 2.64. The smallest absolute Gasteiger partial charge is 0.175 e. The van der Waals surface area contributed by atoms with Crippen LogP contribution in [0.5, 0.6) is 0 Å². The molecule has 1 aromatic heterocycles. The summed E-state index contributed by atoms with van der Waals surface area (Å²) in [6.45, 7) is 0. The normalized spacial score (nSPS) is 10.5. The zero-order valence-corrected chi connectivity index (χ0v) is 8.45. The number of rotatable bonds is 2. The molecule has 1 aromatic carbocycles. The lowest BCUT2D eigenvalue weighted by atomic mass is 10.1. The van der Waals surface area contributed by atoms with E-state index in [1.807, 2.05) is 29.6 Å². The van der Waals surface area contributed by atoms with Gasteiger partial charge in [0, 0.05) is 21.0 Å². The summed E-state index contributed by atoms with van der Waals surface area (Å²) >= 11 is 6.33. The van der Waals surface area contributed by atoms with E-state index in [9.17, 15) is 4.79 Å². The number of carbonyl (C=O) groups is 1. The first-order valence-electron chi connectivity index (χ1n) is 3.90. The van der Waals surface area contributed by atoms with Crippen molar-refractivity contribution in [1.29, 1.82) is 0 Å². The third-order valence-corrected chi connectivity index (χ3v) is 3.14. The molecule has 1 nitrogen and oxygen atoms in total. The monoisotopic (exact) mass is 207 g/mol. The molecule has 0 spiro atoms. The molecule has 0 bridgehead atoms. The van der Waals surface area contributed by atoms with Gasteiger partial charge in [-0.1, -0.05) is 30.8 Å². The number of carbonyl (C=O) groups excluding carboxylic acids is 1. The molecule has 1 radical (unpaired) electrons. The van der Waals surface area contributed by atoms with Crippen molar-refractivity contribution in [2.75, 3.05) is 5.75 Å². The van der Waals surface area contributed by atoms with E-state index in [1.54, 1.807) is 11.3 Å². The topological polar surface area (TPSA) is 17.1 Å². The van der Waals surface area contributed by atoms with Crippen LogP contribution in [0.25, 0.3) is 10.1 Å². The second-order valence-corrected chi connectivity index (χ2v) is 3.91. The Kier molecular flexibility index (Phi) is 2.38. The summed E-state index contributed by atoms with van der Waals surface area (Å²) in [4.78, 5) is 11.4. The van der Waals surface area contributed by atoms with Crippen LogP contribution in [0.3, 0.4) is 0 Å². The summed E-state index contributed by atoms with van der Waals surface area (Å²) in [5, 5.41) is 2.92. The van der Waals surface area contributed by atoms with Crippen LogP contribution < -0.4 is 0 Å². The summed E-state index contributed by atoms with van der Waals surface area (Å²) in [6, 6.07) is 7.89. The van der Waals surface area contributed by atoms with E-state index in [4.69, 9.17) is 12.6 Å². The molecule has 0 unspecified atom stereocenters. The number of Topliss-reactive ketones (excluding diaryl/α,β-unsaturated/α-hetero) is 1. The van der Waals surface area contributed by atoms with Crippen molar-refractivity contribution >= 4 is 39.8 Å². The van der Waals surface area contributed by atoms with Crippen molar-refractivity contribution in [3.8, 4) is 0 Å². The lowest BCUT2D eigenvalue weighted by Gasteiger charge is -1.93. The van der Waals surface area contributed by atoms with Gasteiger partial charge in [0.1, 0.15) is 0 Å². The molecule has 0 N–H and O–H groups in total. The molecule has 0 aliphatic heterocycles. The third kappa shape index (κ3) is 1.49. The van der Waals surface area contributed by atoms with Crippen molar-refractivity contribution in [3.63, 3.8) is 0 Å². The van der Waals surface area contributed by atoms with E-state index in [-0.39, 0.29) is 11.5 Å². The Hall–Kier alpha value is -0.800. The Morgan fingerprint density at radius 2 is 2.15 bits per heavy atom. The highest BCUT2D eigenvalue weighted by Crippen LogP contribution is 2.25. The SMILES string of the molecule is O=C(C[S])c1csc2ccccc12. The van der Waals surface area contributed by atoms with Gasteiger partial charge in [0.05, 0.1) is 5.75 Å². The van der Waals surface area contributed by atoms with E-state index in [1.165, 1.54) is 0 Å². The zero-order chi connectivity index (χ0) is 9.26. The highest BCUT2D eigenvalue weighted by atomic mass is 32.1. The predicted octanol–water partition coefficient (Wildman–Crippen LogP) is 3.28. The molecule has 3 heteroatoms. The van der Waals surface area contributed by atoms with E-state index in [2.05, 4.69) is 0 Å². The quantitative estimate of drug-likeness (QED) is 0.691. The van der Waals surface area contributed by atoms with Gasteiger partial charge < -0.3 is 0 Å². The van der Waals surface area contributed by atoms with Crippen molar-refractivity contribution in [3.05, 3.63) is 35.2 Å². The van der Waals surface area contributed by atoms with Crippen molar-refractivity contribution in [2.45, 2.75) is 0 Å². The van der Waals surface area contributed by atoms with E-state index >= 15 is 0 Å². The number of benzene rings is 1. The van der Waals surface area contributed by atoms with Gasteiger partial charge in [-0.15, -0.1) is 11.3 Å². The Labute approximate surface area is 85.8 Å². The van der Waals surface area contributed by atoms with Crippen molar-refractivity contribution in [2.24, 2.45) is 0 Å². The third-order valence-electron chi connectivity index (χ3n) is 1.91. The average Bonchev–Trinajstić information content (AvgIpc) is 2.60.